The molecule has 0 bridgehead atoms. The number of rotatable bonds is 5. The quantitative estimate of drug-likeness (QED) is 0.674. The summed E-state index contributed by atoms with van der Waals surface area (Å²) in [6, 6.07) is 6.94. The van der Waals surface area contributed by atoms with Crippen molar-refractivity contribution in [2.45, 2.75) is 5.75 Å². The molecule has 3 nitrogen and oxygen atoms in total. The predicted octanol–water partition coefficient (Wildman–Crippen LogP) is -0.0432. The minimum atomic E-state index is -3.03. The van der Waals surface area contributed by atoms with E-state index in [1.807, 2.05) is 19.0 Å². The number of hydrogen-bond donors (Lipinski definition) is 0. The second-order valence-electron chi connectivity index (χ2n) is 4.14. The van der Waals surface area contributed by atoms with Crippen LogP contribution in [0.5, 0.6) is 0 Å². The average Bonchev–Trinajstić information content (AvgIpc) is 2.19. The molecule has 2 radical (unpaired) electrons. The molecule has 16 heavy (non-hydrogen) atoms. The summed E-state index contributed by atoms with van der Waals surface area (Å²) in [6.07, 6.45) is 0. The van der Waals surface area contributed by atoms with E-state index in [1.54, 1.807) is 24.3 Å². The molecular formula is C11H16BNO2S. The van der Waals surface area contributed by atoms with Crippen LogP contribution >= 0.6 is 0 Å². The van der Waals surface area contributed by atoms with Crippen LogP contribution in [-0.4, -0.2) is 47.6 Å². The van der Waals surface area contributed by atoms with Crippen LogP contribution in [-0.2, 0) is 15.6 Å². The van der Waals surface area contributed by atoms with Crippen LogP contribution in [0, 0.1) is 0 Å². The number of nitrogens with zero attached hydrogens (tertiary/aromatic N) is 1. The zero-order valence-corrected chi connectivity index (χ0v) is 10.5. The van der Waals surface area contributed by atoms with Crippen LogP contribution in [0.25, 0.3) is 0 Å². The van der Waals surface area contributed by atoms with E-state index in [0.29, 0.717) is 12.0 Å². The maximum Gasteiger partial charge on any atom is 0.155 e. The van der Waals surface area contributed by atoms with Crippen LogP contribution in [0.15, 0.2) is 24.3 Å². The van der Waals surface area contributed by atoms with E-state index in [9.17, 15) is 8.42 Å². The third-order valence-corrected chi connectivity index (χ3v) is 3.79. The summed E-state index contributed by atoms with van der Waals surface area (Å²) in [4.78, 5) is 1.86. The van der Waals surface area contributed by atoms with Crippen LogP contribution in [0.1, 0.15) is 5.56 Å². The summed E-state index contributed by atoms with van der Waals surface area (Å²) < 4.78 is 23.5. The van der Waals surface area contributed by atoms with Crippen LogP contribution < -0.4 is 5.46 Å². The van der Waals surface area contributed by atoms with Gasteiger partial charge in [0.25, 0.3) is 0 Å². The van der Waals surface area contributed by atoms with Crippen molar-refractivity contribution in [1.29, 1.82) is 0 Å². The zero-order chi connectivity index (χ0) is 12.2. The largest absolute Gasteiger partial charge is 0.308 e. The van der Waals surface area contributed by atoms with Gasteiger partial charge >= 0.3 is 0 Å². The Morgan fingerprint density at radius 1 is 1.19 bits per heavy atom. The Bertz CT molecular complexity index is 426. The predicted molar refractivity (Wildman–Crippen MR) is 67.9 cm³/mol. The maximum absolute atomic E-state index is 11.7. The molecule has 0 saturated carbocycles. The van der Waals surface area contributed by atoms with Gasteiger partial charge in [0.15, 0.2) is 9.84 Å². The van der Waals surface area contributed by atoms with Crippen molar-refractivity contribution >= 4 is 23.1 Å². The molecular weight excluding hydrogens is 221 g/mol. The fourth-order valence-corrected chi connectivity index (χ4v) is 2.75. The van der Waals surface area contributed by atoms with Crippen molar-refractivity contribution < 1.29 is 8.42 Å². The van der Waals surface area contributed by atoms with E-state index in [4.69, 9.17) is 7.85 Å². The molecule has 1 aromatic rings. The third-order valence-electron chi connectivity index (χ3n) is 2.22. The van der Waals surface area contributed by atoms with Gasteiger partial charge in [-0.15, -0.1) is 0 Å². The van der Waals surface area contributed by atoms with E-state index in [1.165, 1.54) is 0 Å². The molecule has 86 valence electrons. The Morgan fingerprint density at radius 3 is 2.25 bits per heavy atom. The molecule has 0 fully saturated rings. The van der Waals surface area contributed by atoms with Crippen molar-refractivity contribution in [3.05, 3.63) is 29.8 Å². The number of benzene rings is 1. The molecule has 0 amide bonds. The second-order valence-corrected chi connectivity index (χ2v) is 6.32. The van der Waals surface area contributed by atoms with Gasteiger partial charge in [-0.25, -0.2) is 8.42 Å². The lowest BCUT2D eigenvalue weighted by Crippen LogP contribution is -2.22. The highest BCUT2D eigenvalue weighted by molar-refractivity contribution is 7.90. The molecule has 0 heterocycles. The third kappa shape index (κ3) is 4.81. The lowest BCUT2D eigenvalue weighted by atomic mass is 9.96. The summed E-state index contributed by atoms with van der Waals surface area (Å²) in [6.45, 7) is 0.553. The summed E-state index contributed by atoms with van der Waals surface area (Å²) in [7, 11) is 6.23. The van der Waals surface area contributed by atoms with Crippen molar-refractivity contribution in [2.75, 3.05) is 26.4 Å². The van der Waals surface area contributed by atoms with E-state index in [-0.39, 0.29) is 11.5 Å². The molecule has 0 atom stereocenters. The normalized spacial score (nSPS) is 11.9. The first-order valence-electron chi connectivity index (χ1n) is 5.08. The van der Waals surface area contributed by atoms with Gasteiger partial charge in [0.1, 0.15) is 7.85 Å². The second kappa shape index (κ2) is 5.50. The molecule has 5 heteroatoms. The number of hydrogen-bond acceptors (Lipinski definition) is 3. The number of sulfone groups is 1. The standard InChI is InChI=1S/C11H16BNO2S/c1-13(2)7-8-16(14,15)9-10-3-5-11(12)6-4-10/h3-6H,7-9H2,1-2H3. The van der Waals surface area contributed by atoms with Gasteiger partial charge in [-0.05, 0) is 19.7 Å². The van der Waals surface area contributed by atoms with Crippen LogP contribution in [0.4, 0.5) is 0 Å². The van der Waals surface area contributed by atoms with Crippen molar-refractivity contribution in [3.63, 3.8) is 0 Å². The summed E-state index contributed by atoms with van der Waals surface area (Å²) in [5, 5.41) is 0. The molecule has 0 spiro atoms. The molecule has 1 aromatic carbocycles. The SMILES string of the molecule is [B]c1ccc(CS(=O)(=O)CCN(C)C)cc1. The van der Waals surface area contributed by atoms with E-state index >= 15 is 0 Å². The van der Waals surface area contributed by atoms with Gasteiger partial charge in [-0.2, -0.15) is 0 Å². The van der Waals surface area contributed by atoms with Crippen molar-refractivity contribution in [1.82, 2.24) is 4.90 Å². The molecule has 0 aromatic heterocycles. The summed E-state index contributed by atoms with van der Waals surface area (Å²) in [5.74, 6) is 0.269. The molecule has 0 aliphatic carbocycles. The lowest BCUT2D eigenvalue weighted by Gasteiger charge is -2.10. The first kappa shape index (κ1) is 13.3. The molecule has 0 saturated heterocycles. The van der Waals surface area contributed by atoms with E-state index < -0.39 is 9.84 Å². The molecule has 0 unspecified atom stereocenters. The minimum Gasteiger partial charge on any atom is -0.308 e. The fraction of sp³-hybridized carbons (Fsp3) is 0.455. The van der Waals surface area contributed by atoms with Gasteiger partial charge < -0.3 is 4.90 Å². The summed E-state index contributed by atoms with van der Waals surface area (Å²) >= 11 is 0. The highest BCUT2D eigenvalue weighted by atomic mass is 32.2. The topological polar surface area (TPSA) is 37.4 Å². The molecule has 1 rings (SSSR count). The van der Waals surface area contributed by atoms with Gasteiger partial charge in [0.05, 0.1) is 11.5 Å². The molecule has 0 aliphatic rings. The Hall–Kier alpha value is -0.805. The van der Waals surface area contributed by atoms with Gasteiger partial charge in [-0.1, -0.05) is 29.7 Å². The van der Waals surface area contributed by atoms with Crippen LogP contribution in [0.3, 0.4) is 0 Å². The summed E-state index contributed by atoms with van der Waals surface area (Å²) in [5.41, 5.74) is 1.43. The first-order valence-corrected chi connectivity index (χ1v) is 6.91. The Balaban J connectivity index is 2.62. The maximum atomic E-state index is 11.7. The highest BCUT2D eigenvalue weighted by Crippen LogP contribution is 2.05. The Kier molecular flexibility index (Phi) is 4.56. The fourth-order valence-electron chi connectivity index (χ4n) is 1.26. The van der Waals surface area contributed by atoms with Crippen molar-refractivity contribution in [2.24, 2.45) is 0 Å². The van der Waals surface area contributed by atoms with Crippen LogP contribution in [0.2, 0.25) is 0 Å². The van der Waals surface area contributed by atoms with Gasteiger partial charge in [-0.3, -0.25) is 0 Å². The van der Waals surface area contributed by atoms with Crippen molar-refractivity contribution in [3.8, 4) is 0 Å². The minimum absolute atomic E-state index is 0.0844. The van der Waals surface area contributed by atoms with E-state index in [0.717, 1.165) is 5.56 Å². The Morgan fingerprint density at radius 2 is 1.75 bits per heavy atom. The molecule has 0 N–H and O–H groups in total. The first-order chi connectivity index (χ1) is 7.39. The van der Waals surface area contributed by atoms with E-state index in [2.05, 4.69) is 0 Å². The monoisotopic (exact) mass is 237 g/mol. The lowest BCUT2D eigenvalue weighted by molar-refractivity contribution is 0.432. The molecule has 0 aliphatic heterocycles. The highest BCUT2D eigenvalue weighted by Gasteiger charge is 2.11. The smallest absolute Gasteiger partial charge is 0.155 e. The van der Waals surface area contributed by atoms with Gasteiger partial charge in [0.2, 0.25) is 0 Å². The Labute approximate surface area is 98.8 Å². The zero-order valence-electron chi connectivity index (χ0n) is 9.68. The van der Waals surface area contributed by atoms with Gasteiger partial charge in [0, 0.05) is 6.54 Å². The average molecular weight is 237 g/mol.